The van der Waals surface area contributed by atoms with Crippen molar-refractivity contribution >= 4 is 0 Å². The van der Waals surface area contributed by atoms with Crippen LogP contribution in [0.5, 0.6) is 0 Å². The molecule has 0 heterocycles. The molecular weight excluding hydrogens is 186 g/mol. The van der Waals surface area contributed by atoms with E-state index in [2.05, 4.69) is 12.2 Å². The molecule has 15 heavy (non-hydrogen) atoms. The number of rotatable bonds is 7. The van der Waals surface area contributed by atoms with E-state index in [0.717, 1.165) is 31.1 Å². The number of hydrogen-bond donors (Lipinski definition) is 1. The van der Waals surface area contributed by atoms with Crippen molar-refractivity contribution < 1.29 is 4.74 Å². The van der Waals surface area contributed by atoms with E-state index in [4.69, 9.17) is 4.74 Å². The third-order valence-corrected chi connectivity index (χ3v) is 4.06. The van der Waals surface area contributed by atoms with Gasteiger partial charge in [-0.1, -0.05) is 6.42 Å². The molecule has 0 saturated heterocycles. The van der Waals surface area contributed by atoms with Crippen LogP contribution < -0.4 is 5.32 Å². The summed E-state index contributed by atoms with van der Waals surface area (Å²) in [5, 5.41) is 3.73. The van der Waals surface area contributed by atoms with Crippen molar-refractivity contribution in [3.63, 3.8) is 0 Å². The Kier molecular flexibility index (Phi) is 4.45. The molecule has 0 amide bonds. The molecule has 2 fully saturated rings. The van der Waals surface area contributed by atoms with E-state index < -0.39 is 0 Å². The van der Waals surface area contributed by atoms with Gasteiger partial charge >= 0.3 is 0 Å². The summed E-state index contributed by atoms with van der Waals surface area (Å²) in [4.78, 5) is 0. The van der Waals surface area contributed by atoms with Crippen molar-refractivity contribution in [2.75, 3.05) is 19.8 Å². The average molecular weight is 211 g/mol. The second-order valence-electron chi connectivity index (χ2n) is 5.14. The second kappa shape index (κ2) is 5.86. The fourth-order valence-corrected chi connectivity index (χ4v) is 3.26. The van der Waals surface area contributed by atoms with Gasteiger partial charge in [0.1, 0.15) is 0 Å². The van der Waals surface area contributed by atoms with Crippen molar-refractivity contribution in [3.05, 3.63) is 0 Å². The predicted molar refractivity (Wildman–Crippen MR) is 63.0 cm³/mol. The maximum Gasteiger partial charge on any atom is 0.0466 e. The Labute approximate surface area is 93.8 Å². The van der Waals surface area contributed by atoms with Gasteiger partial charge in [-0.25, -0.2) is 0 Å². The molecule has 2 saturated carbocycles. The summed E-state index contributed by atoms with van der Waals surface area (Å²) in [6, 6.07) is 0.857. The molecule has 3 unspecified atom stereocenters. The zero-order valence-electron chi connectivity index (χ0n) is 10.0. The first-order chi connectivity index (χ1) is 7.40. The minimum Gasteiger partial charge on any atom is -0.382 e. The van der Waals surface area contributed by atoms with Gasteiger partial charge in [-0.05, 0) is 57.4 Å². The topological polar surface area (TPSA) is 21.3 Å². The monoisotopic (exact) mass is 211 g/mol. The van der Waals surface area contributed by atoms with Crippen LogP contribution in [0.3, 0.4) is 0 Å². The molecule has 2 aliphatic rings. The van der Waals surface area contributed by atoms with Gasteiger partial charge in [0.25, 0.3) is 0 Å². The zero-order chi connectivity index (χ0) is 10.5. The minimum atomic E-state index is 0.857. The lowest BCUT2D eigenvalue weighted by atomic mass is 9.95. The number of fused-ring (bicyclic) bond motifs is 2. The van der Waals surface area contributed by atoms with E-state index in [1.807, 2.05) is 0 Å². The predicted octanol–water partition coefficient (Wildman–Crippen LogP) is 2.58. The molecule has 2 rings (SSSR count). The molecule has 0 aliphatic heterocycles. The highest BCUT2D eigenvalue weighted by Gasteiger charge is 2.38. The lowest BCUT2D eigenvalue weighted by Gasteiger charge is -2.22. The van der Waals surface area contributed by atoms with Crippen molar-refractivity contribution in [2.45, 2.75) is 51.5 Å². The molecule has 2 aliphatic carbocycles. The maximum absolute atomic E-state index is 5.33. The van der Waals surface area contributed by atoms with Crippen LogP contribution in [0.15, 0.2) is 0 Å². The van der Waals surface area contributed by atoms with Crippen LogP contribution in [-0.2, 0) is 4.74 Å². The summed E-state index contributed by atoms with van der Waals surface area (Å²) in [5.41, 5.74) is 0. The minimum absolute atomic E-state index is 0.857. The average Bonchev–Trinajstić information content (AvgIpc) is 2.85. The molecule has 2 heteroatoms. The molecule has 0 aromatic carbocycles. The highest BCUT2D eigenvalue weighted by atomic mass is 16.5. The third kappa shape index (κ3) is 3.18. The molecule has 3 atom stereocenters. The van der Waals surface area contributed by atoms with Crippen molar-refractivity contribution in [1.82, 2.24) is 5.32 Å². The molecule has 0 aromatic heterocycles. The van der Waals surface area contributed by atoms with Gasteiger partial charge < -0.3 is 10.1 Å². The summed E-state index contributed by atoms with van der Waals surface area (Å²) in [7, 11) is 0. The number of unbranched alkanes of at least 4 members (excludes halogenated alkanes) is 1. The zero-order valence-corrected chi connectivity index (χ0v) is 10.0. The molecule has 0 aromatic rings. The number of ether oxygens (including phenoxy) is 1. The second-order valence-corrected chi connectivity index (χ2v) is 5.14. The summed E-state index contributed by atoms with van der Waals surface area (Å²) in [5.74, 6) is 2.08. The van der Waals surface area contributed by atoms with E-state index >= 15 is 0 Å². The van der Waals surface area contributed by atoms with Gasteiger partial charge in [-0.15, -0.1) is 0 Å². The van der Waals surface area contributed by atoms with Crippen LogP contribution in [0, 0.1) is 11.8 Å². The Morgan fingerprint density at radius 2 is 2.13 bits per heavy atom. The Bertz CT molecular complexity index is 183. The van der Waals surface area contributed by atoms with Crippen LogP contribution in [0.2, 0.25) is 0 Å². The Morgan fingerprint density at radius 1 is 1.20 bits per heavy atom. The molecule has 88 valence electrons. The SMILES string of the molecule is CCOCCCCNC1CC2CCC1C2. The molecule has 2 bridgehead atoms. The quantitative estimate of drug-likeness (QED) is 0.654. The Hall–Kier alpha value is -0.0800. The van der Waals surface area contributed by atoms with Gasteiger partial charge in [-0.3, -0.25) is 0 Å². The summed E-state index contributed by atoms with van der Waals surface area (Å²) in [6.07, 6.45) is 8.44. The van der Waals surface area contributed by atoms with E-state index in [1.54, 1.807) is 0 Å². The van der Waals surface area contributed by atoms with Crippen LogP contribution >= 0.6 is 0 Å². The summed E-state index contributed by atoms with van der Waals surface area (Å²) < 4.78 is 5.33. The van der Waals surface area contributed by atoms with E-state index in [1.165, 1.54) is 45.1 Å². The summed E-state index contributed by atoms with van der Waals surface area (Å²) in [6.45, 7) is 5.06. The van der Waals surface area contributed by atoms with Crippen LogP contribution in [-0.4, -0.2) is 25.8 Å². The van der Waals surface area contributed by atoms with Crippen molar-refractivity contribution in [1.29, 1.82) is 0 Å². The molecule has 2 nitrogen and oxygen atoms in total. The Morgan fingerprint density at radius 3 is 2.80 bits per heavy atom. The fraction of sp³-hybridized carbons (Fsp3) is 1.00. The maximum atomic E-state index is 5.33. The van der Waals surface area contributed by atoms with Crippen LogP contribution in [0.25, 0.3) is 0 Å². The van der Waals surface area contributed by atoms with Crippen molar-refractivity contribution in [3.8, 4) is 0 Å². The lowest BCUT2D eigenvalue weighted by molar-refractivity contribution is 0.143. The van der Waals surface area contributed by atoms with Crippen LogP contribution in [0.4, 0.5) is 0 Å². The molecule has 0 radical (unpaired) electrons. The normalized spacial score (nSPS) is 33.8. The largest absolute Gasteiger partial charge is 0.382 e. The number of nitrogens with one attached hydrogen (secondary N) is 1. The standard InChI is InChI=1S/C13H25NO/c1-2-15-8-4-3-7-14-13-10-11-5-6-12(13)9-11/h11-14H,2-10H2,1H3. The van der Waals surface area contributed by atoms with Crippen molar-refractivity contribution in [2.24, 2.45) is 11.8 Å². The lowest BCUT2D eigenvalue weighted by Crippen LogP contribution is -2.34. The van der Waals surface area contributed by atoms with Gasteiger partial charge in [-0.2, -0.15) is 0 Å². The first-order valence-corrected chi connectivity index (χ1v) is 6.71. The van der Waals surface area contributed by atoms with E-state index in [-0.39, 0.29) is 0 Å². The third-order valence-electron chi connectivity index (χ3n) is 4.06. The Balaban J connectivity index is 1.48. The number of hydrogen-bond acceptors (Lipinski definition) is 2. The van der Waals surface area contributed by atoms with Crippen LogP contribution in [0.1, 0.15) is 45.4 Å². The van der Waals surface area contributed by atoms with Gasteiger partial charge in [0.2, 0.25) is 0 Å². The molecule has 1 N–H and O–H groups in total. The first kappa shape index (κ1) is 11.4. The van der Waals surface area contributed by atoms with Gasteiger partial charge in [0, 0.05) is 19.3 Å². The smallest absolute Gasteiger partial charge is 0.0466 e. The molecular formula is C13H25NO. The fourth-order valence-electron chi connectivity index (χ4n) is 3.26. The molecule has 0 spiro atoms. The van der Waals surface area contributed by atoms with Gasteiger partial charge in [0.15, 0.2) is 0 Å². The highest BCUT2D eigenvalue weighted by Crippen LogP contribution is 2.44. The van der Waals surface area contributed by atoms with Gasteiger partial charge in [0.05, 0.1) is 0 Å². The van der Waals surface area contributed by atoms with E-state index in [0.29, 0.717) is 0 Å². The first-order valence-electron chi connectivity index (χ1n) is 6.71. The summed E-state index contributed by atoms with van der Waals surface area (Å²) >= 11 is 0. The van der Waals surface area contributed by atoms with E-state index in [9.17, 15) is 0 Å². The highest BCUT2D eigenvalue weighted by molar-refractivity contribution is 4.93.